The van der Waals surface area contributed by atoms with Crippen LogP contribution in [0.1, 0.15) is 24.1 Å². The summed E-state index contributed by atoms with van der Waals surface area (Å²) in [5, 5.41) is 9.11. The van der Waals surface area contributed by atoms with Crippen LogP contribution in [0.5, 0.6) is 0 Å². The predicted molar refractivity (Wildman–Crippen MR) is 107 cm³/mol. The van der Waals surface area contributed by atoms with Crippen molar-refractivity contribution in [2.75, 3.05) is 32.4 Å². The van der Waals surface area contributed by atoms with Crippen molar-refractivity contribution in [2.24, 2.45) is 0 Å². The van der Waals surface area contributed by atoms with Gasteiger partial charge < -0.3 is 5.11 Å². The molecule has 0 spiro atoms. The molecule has 1 aliphatic heterocycles. The Labute approximate surface area is 159 Å². The number of thioether (sulfide) groups is 1. The van der Waals surface area contributed by atoms with Crippen molar-refractivity contribution in [1.29, 1.82) is 0 Å². The van der Waals surface area contributed by atoms with Crippen molar-refractivity contribution in [3.63, 3.8) is 0 Å². The molecule has 2 aromatic carbocycles. The third-order valence-corrected chi connectivity index (χ3v) is 5.79. The fraction of sp³-hybridized carbons (Fsp3) is 0.381. The van der Waals surface area contributed by atoms with E-state index in [-0.39, 0.29) is 18.6 Å². The first-order chi connectivity index (χ1) is 12.6. The number of hydrogen-bond donors (Lipinski definition) is 1. The lowest BCUT2D eigenvalue weighted by atomic mass is 9.95. The molecule has 0 aliphatic carbocycles. The minimum Gasteiger partial charge on any atom is -0.480 e. The van der Waals surface area contributed by atoms with Crippen molar-refractivity contribution in [3.8, 4) is 0 Å². The van der Waals surface area contributed by atoms with Gasteiger partial charge in [0, 0.05) is 30.6 Å². The Morgan fingerprint density at radius 3 is 2.35 bits per heavy atom. The minimum absolute atomic E-state index is 0.118. The molecule has 0 saturated carbocycles. The highest BCUT2D eigenvalue weighted by molar-refractivity contribution is 7.98. The third kappa shape index (κ3) is 4.47. The van der Waals surface area contributed by atoms with Crippen LogP contribution in [0.2, 0.25) is 0 Å². The molecule has 1 aliphatic rings. The van der Waals surface area contributed by atoms with Crippen molar-refractivity contribution >= 4 is 17.7 Å². The summed E-state index contributed by atoms with van der Waals surface area (Å²) >= 11 is 1.75. The van der Waals surface area contributed by atoms with E-state index < -0.39 is 5.97 Å². The SMILES string of the molecule is CSc1ccc([C@@H](c2ccccc2)N2CCN(CC(=O)O)[C@H](C)C2)cc1. The van der Waals surface area contributed by atoms with E-state index in [0.717, 1.165) is 19.6 Å². The maximum absolute atomic E-state index is 11.1. The molecule has 0 aromatic heterocycles. The minimum atomic E-state index is -0.752. The molecule has 2 atom stereocenters. The van der Waals surface area contributed by atoms with Gasteiger partial charge in [0.2, 0.25) is 0 Å². The largest absolute Gasteiger partial charge is 0.480 e. The topological polar surface area (TPSA) is 43.8 Å². The van der Waals surface area contributed by atoms with Crippen LogP contribution < -0.4 is 0 Å². The number of aliphatic carboxylic acids is 1. The van der Waals surface area contributed by atoms with Crippen molar-refractivity contribution in [2.45, 2.75) is 23.9 Å². The van der Waals surface area contributed by atoms with Crippen LogP contribution in [0.25, 0.3) is 0 Å². The Bertz CT molecular complexity index is 721. The van der Waals surface area contributed by atoms with Gasteiger partial charge in [-0.1, -0.05) is 42.5 Å². The summed E-state index contributed by atoms with van der Waals surface area (Å²) in [5.41, 5.74) is 2.57. The molecule has 138 valence electrons. The highest BCUT2D eigenvalue weighted by Gasteiger charge is 2.30. The summed E-state index contributed by atoms with van der Waals surface area (Å²) < 4.78 is 0. The summed E-state index contributed by atoms with van der Waals surface area (Å²) in [6, 6.07) is 19.8. The second-order valence-corrected chi connectivity index (χ2v) is 7.67. The Morgan fingerprint density at radius 2 is 1.77 bits per heavy atom. The van der Waals surface area contributed by atoms with Crippen molar-refractivity contribution < 1.29 is 9.90 Å². The lowest BCUT2D eigenvalue weighted by molar-refractivity contribution is -0.139. The maximum Gasteiger partial charge on any atom is 0.317 e. The van der Waals surface area contributed by atoms with Crippen LogP contribution >= 0.6 is 11.8 Å². The van der Waals surface area contributed by atoms with E-state index >= 15 is 0 Å². The van der Waals surface area contributed by atoms with Crippen LogP contribution in [-0.2, 0) is 4.79 Å². The monoisotopic (exact) mass is 370 g/mol. The Hall–Kier alpha value is -1.82. The quantitative estimate of drug-likeness (QED) is 0.787. The number of nitrogens with zero attached hydrogens (tertiary/aromatic N) is 2. The molecular formula is C21H26N2O2S. The molecule has 0 unspecified atom stereocenters. The molecule has 1 N–H and O–H groups in total. The molecule has 1 saturated heterocycles. The van der Waals surface area contributed by atoms with Crippen LogP contribution in [0.4, 0.5) is 0 Å². The molecule has 0 amide bonds. The zero-order valence-electron chi connectivity index (χ0n) is 15.3. The summed E-state index contributed by atoms with van der Waals surface area (Å²) in [7, 11) is 0. The number of benzene rings is 2. The van der Waals surface area contributed by atoms with Crippen LogP contribution in [0.3, 0.4) is 0 Å². The van der Waals surface area contributed by atoms with Gasteiger partial charge in [0.15, 0.2) is 0 Å². The van der Waals surface area contributed by atoms with E-state index in [1.807, 2.05) is 6.07 Å². The smallest absolute Gasteiger partial charge is 0.317 e. The molecule has 26 heavy (non-hydrogen) atoms. The number of piperazine rings is 1. The third-order valence-electron chi connectivity index (χ3n) is 5.05. The van der Waals surface area contributed by atoms with Crippen LogP contribution in [-0.4, -0.2) is 59.4 Å². The van der Waals surface area contributed by atoms with E-state index in [1.165, 1.54) is 16.0 Å². The summed E-state index contributed by atoms with van der Waals surface area (Å²) in [6.45, 7) is 4.74. The van der Waals surface area contributed by atoms with Gasteiger partial charge in [-0.3, -0.25) is 14.6 Å². The molecule has 0 radical (unpaired) electrons. The van der Waals surface area contributed by atoms with Gasteiger partial charge in [0.1, 0.15) is 0 Å². The highest BCUT2D eigenvalue weighted by Crippen LogP contribution is 2.31. The Kier molecular flexibility index (Phi) is 6.35. The number of rotatable bonds is 6. The lowest BCUT2D eigenvalue weighted by Gasteiger charge is -2.43. The zero-order valence-corrected chi connectivity index (χ0v) is 16.2. The standard InChI is InChI=1S/C21H26N2O2S/c1-16-14-23(13-12-22(16)15-20(24)25)21(17-6-4-3-5-7-17)18-8-10-19(26-2)11-9-18/h3-11,16,21H,12-15H2,1-2H3,(H,24,25)/t16-,21-/m1/s1. The first-order valence-corrected chi connectivity index (χ1v) is 10.2. The first-order valence-electron chi connectivity index (χ1n) is 8.97. The van der Waals surface area contributed by atoms with E-state index in [9.17, 15) is 4.79 Å². The molecule has 1 fully saturated rings. The van der Waals surface area contributed by atoms with Crippen molar-refractivity contribution in [1.82, 2.24) is 9.80 Å². The van der Waals surface area contributed by atoms with E-state index in [1.54, 1.807) is 11.8 Å². The van der Waals surface area contributed by atoms with Gasteiger partial charge in [0.25, 0.3) is 0 Å². The fourth-order valence-corrected chi connectivity index (χ4v) is 4.11. The second kappa shape index (κ2) is 8.71. The van der Waals surface area contributed by atoms with Gasteiger partial charge in [-0.05, 0) is 36.4 Å². The lowest BCUT2D eigenvalue weighted by Crippen LogP contribution is -2.54. The number of hydrogen-bond acceptors (Lipinski definition) is 4. The van der Waals surface area contributed by atoms with E-state index in [0.29, 0.717) is 0 Å². The van der Waals surface area contributed by atoms with Gasteiger partial charge in [-0.15, -0.1) is 11.8 Å². The molecule has 5 heteroatoms. The van der Waals surface area contributed by atoms with Crippen LogP contribution in [0, 0.1) is 0 Å². The summed E-state index contributed by atoms with van der Waals surface area (Å²) in [6.07, 6.45) is 2.09. The fourth-order valence-electron chi connectivity index (χ4n) is 3.70. The normalized spacial score (nSPS) is 20.0. The van der Waals surface area contributed by atoms with E-state index in [2.05, 4.69) is 71.5 Å². The van der Waals surface area contributed by atoms with Crippen LogP contribution in [0.15, 0.2) is 59.5 Å². The average Bonchev–Trinajstić information content (AvgIpc) is 2.65. The summed E-state index contributed by atoms with van der Waals surface area (Å²) in [5.74, 6) is -0.752. The number of carboxylic acids is 1. The van der Waals surface area contributed by atoms with Gasteiger partial charge >= 0.3 is 5.97 Å². The maximum atomic E-state index is 11.1. The molecule has 1 heterocycles. The predicted octanol–water partition coefficient (Wildman–Crippen LogP) is 3.59. The summed E-state index contributed by atoms with van der Waals surface area (Å²) in [4.78, 5) is 16.9. The molecule has 4 nitrogen and oxygen atoms in total. The Morgan fingerprint density at radius 1 is 1.12 bits per heavy atom. The number of carbonyl (C=O) groups is 1. The number of carboxylic acid groups (broad SMARTS) is 1. The van der Waals surface area contributed by atoms with Gasteiger partial charge in [-0.2, -0.15) is 0 Å². The average molecular weight is 371 g/mol. The molecule has 2 aromatic rings. The second-order valence-electron chi connectivity index (χ2n) is 6.79. The highest BCUT2D eigenvalue weighted by atomic mass is 32.2. The molecule has 0 bridgehead atoms. The van der Waals surface area contributed by atoms with Gasteiger partial charge in [0.05, 0.1) is 12.6 Å². The van der Waals surface area contributed by atoms with E-state index in [4.69, 9.17) is 5.11 Å². The zero-order chi connectivity index (χ0) is 18.5. The first kappa shape index (κ1) is 19.0. The Balaban J connectivity index is 1.86. The molecular weight excluding hydrogens is 344 g/mol. The van der Waals surface area contributed by atoms with Gasteiger partial charge in [-0.25, -0.2) is 0 Å². The van der Waals surface area contributed by atoms with Crippen molar-refractivity contribution in [3.05, 3.63) is 65.7 Å². The molecule has 3 rings (SSSR count).